The Labute approximate surface area is 73.6 Å². The fourth-order valence-corrected chi connectivity index (χ4v) is 0.791. The molecule has 3 nitrogen and oxygen atoms in total. The highest BCUT2D eigenvalue weighted by Gasteiger charge is 2.10. The van der Waals surface area contributed by atoms with Crippen LogP contribution in [0.15, 0.2) is 30.3 Å². The maximum absolute atomic E-state index is 10.6. The molecule has 0 aliphatic carbocycles. The second-order valence-corrected chi connectivity index (χ2v) is 2.32. The van der Waals surface area contributed by atoms with Gasteiger partial charge in [0.25, 0.3) is 0 Å². The molecular weight excluding hydrogens is 154 g/mol. The van der Waals surface area contributed by atoms with Crippen LogP contribution in [-0.4, -0.2) is 17.1 Å². The van der Waals surface area contributed by atoms with Crippen molar-refractivity contribution in [1.82, 2.24) is 0 Å². The summed E-state index contributed by atoms with van der Waals surface area (Å²) in [4.78, 5) is 10.6. The maximum Gasteiger partial charge on any atom is 0.320 e. The van der Waals surface area contributed by atoms with Crippen molar-refractivity contribution in [1.29, 1.82) is 0 Å². The number of carbonyl (C=O) groups is 1. The lowest BCUT2D eigenvalue weighted by Crippen LogP contribution is -2.32. The molecule has 2 atom stereocenters. The summed E-state index contributed by atoms with van der Waals surface area (Å²) in [6, 6.07) is 5.96. The van der Waals surface area contributed by atoms with Gasteiger partial charge >= 0.3 is 5.97 Å². The van der Waals surface area contributed by atoms with Crippen LogP contribution in [0.1, 0.15) is 8.30 Å². The van der Waals surface area contributed by atoms with Crippen molar-refractivity contribution in [3.8, 4) is 0 Å². The summed E-state index contributed by atoms with van der Waals surface area (Å²) in [5, 5.41) is 8.64. The maximum atomic E-state index is 10.6. The van der Waals surface area contributed by atoms with Crippen LogP contribution in [0.3, 0.4) is 0 Å². The molecule has 1 aromatic rings. The van der Waals surface area contributed by atoms with Gasteiger partial charge in [-0.15, -0.1) is 0 Å². The van der Waals surface area contributed by atoms with Gasteiger partial charge in [-0.3, -0.25) is 4.79 Å². The molecule has 3 heteroatoms. The molecule has 0 aromatic heterocycles. The van der Waals surface area contributed by atoms with E-state index in [9.17, 15) is 4.79 Å². The first-order valence-corrected chi connectivity index (χ1v) is 3.45. The van der Waals surface area contributed by atoms with E-state index < -0.39 is 18.4 Å². The van der Waals surface area contributed by atoms with Crippen molar-refractivity contribution in [3.05, 3.63) is 35.9 Å². The van der Waals surface area contributed by atoms with Crippen molar-refractivity contribution in [2.24, 2.45) is 5.73 Å². The average molecular weight is 167 g/mol. The SMILES string of the molecule is [2H][C@@H](c1ccccc1)[C@@]([2H])(N)C(=O)O. The van der Waals surface area contributed by atoms with Crippen LogP contribution in [0.5, 0.6) is 0 Å². The molecule has 0 radical (unpaired) electrons. The van der Waals surface area contributed by atoms with E-state index in [4.69, 9.17) is 13.6 Å². The van der Waals surface area contributed by atoms with E-state index in [-0.39, 0.29) is 0 Å². The summed E-state index contributed by atoms with van der Waals surface area (Å²) in [7, 11) is 0. The Morgan fingerprint density at radius 1 is 1.67 bits per heavy atom. The molecule has 0 heterocycles. The number of carboxylic acid groups (broad SMARTS) is 1. The van der Waals surface area contributed by atoms with E-state index in [2.05, 4.69) is 0 Å². The molecule has 64 valence electrons. The van der Waals surface area contributed by atoms with Crippen LogP contribution in [0.4, 0.5) is 0 Å². The third-order valence-electron chi connectivity index (χ3n) is 1.37. The van der Waals surface area contributed by atoms with Gasteiger partial charge in [0.2, 0.25) is 0 Å². The highest BCUT2D eigenvalue weighted by atomic mass is 16.4. The molecule has 0 amide bonds. The van der Waals surface area contributed by atoms with Crippen LogP contribution < -0.4 is 5.73 Å². The molecule has 0 saturated heterocycles. The predicted octanol–water partition coefficient (Wildman–Crippen LogP) is 0.641. The Kier molecular flexibility index (Phi) is 2.00. The summed E-state index contributed by atoms with van der Waals surface area (Å²) in [5.41, 5.74) is 5.64. The molecule has 1 aromatic carbocycles. The third-order valence-corrected chi connectivity index (χ3v) is 1.37. The van der Waals surface area contributed by atoms with E-state index in [1.54, 1.807) is 30.3 Å². The molecule has 0 aliphatic heterocycles. The molecule has 0 saturated carbocycles. The molecule has 0 aliphatic rings. The zero-order chi connectivity index (χ0) is 10.8. The number of aliphatic carboxylic acids is 1. The molecule has 0 fully saturated rings. The highest BCUT2D eigenvalue weighted by molar-refractivity contribution is 5.73. The highest BCUT2D eigenvalue weighted by Crippen LogP contribution is 2.01. The van der Waals surface area contributed by atoms with Gasteiger partial charge in [-0.05, 0) is 12.0 Å². The monoisotopic (exact) mass is 167 g/mol. The van der Waals surface area contributed by atoms with E-state index in [1.165, 1.54) is 0 Å². The Morgan fingerprint density at radius 2 is 2.25 bits per heavy atom. The third kappa shape index (κ3) is 2.36. The van der Waals surface area contributed by atoms with Crippen molar-refractivity contribution in [2.45, 2.75) is 12.4 Å². The zero-order valence-corrected chi connectivity index (χ0v) is 6.40. The van der Waals surface area contributed by atoms with Crippen LogP contribution in [-0.2, 0) is 11.2 Å². The summed E-state index contributed by atoms with van der Waals surface area (Å²) in [5.74, 6) is -1.50. The molecule has 0 bridgehead atoms. The van der Waals surface area contributed by atoms with Gasteiger partial charge < -0.3 is 10.8 Å². The van der Waals surface area contributed by atoms with Crippen LogP contribution >= 0.6 is 0 Å². The minimum absolute atomic E-state index is 0.424. The molecule has 0 unspecified atom stereocenters. The normalized spacial score (nSPS) is 20.1. The standard InChI is InChI=1S/C9H11NO2/c10-8(9(11)12)6-7-4-2-1-3-5-7/h1-5,8H,6,10H2,(H,11,12)/t8-/m1/s1/i6D,8D/t6-,8+/m0. The van der Waals surface area contributed by atoms with Gasteiger partial charge in [-0.1, -0.05) is 30.3 Å². The first-order chi connectivity index (χ1) is 6.46. The lowest BCUT2D eigenvalue weighted by molar-refractivity contribution is -0.138. The quantitative estimate of drug-likeness (QED) is 0.694. The van der Waals surface area contributed by atoms with Crippen molar-refractivity contribution < 1.29 is 12.6 Å². The van der Waals surface area contributed by atoms with Gasteiger partial charge in [-0.25, -0.2) is 0 Å². The van der Waals surface area contributed by atoms with Gasteiger partial charge in [0, 0.05) is 1.37 Å². The summed E-state index contributed by atoms with van der Waals surface area (Å²) in [6.45, 7) is 0. The number of nitrogens with two attached hydrogens (primary N) is 1. The summed E-state index contributed by atoms with van der Waals surface area (Å²) >= 11 is 0. The molecule has 3 N–H and O–H groups in total. The summed E-state index contributed by atoms with van der Waals surface area (Å²) in [6.07, 6.45) is -1.29. The number of carboxylic acids is 1. The first kappa shape index (κ1) is 6.20. The average Bonchev–Trinajstić information content (AvgIpc) is 2.17. The Balaban J connectivity index is 2.96. The van der Waals surface area contributed by atoms with Gasteiger partial charge in [0.15, 0.2) is 0 Å². The van der Waals surface area contributed by atoms with Gasteiger partial charge in [-0.2, -0.15) is 0 Å². The number of hydrogen-bond acceptors (Lipinski definition) is 2. The Bertz CT molecular complexity index is 327. The molecule has 0 spiro atoms. The fraction of sp³-hybridized carbons (Fsp3) is 0.222. The van der Waals surface area contributed by atoms with Crippen LogP contribution in [0, 0.1) is 0 Å². The van der Waals surface area contributed by atoms with Crippen LogP contribution in [0.25, 0.3) is 0 Å². The first-order valence-electron chi connectivity index (χ1n) is 4.53. The largest absolute Gasteiger partial charge is 0.480 e. The van der Waals surface area contributed by atoms with E-state index in [1.807, 2.05) is 0 Å². The smallest absolute Gasteiger partial charge is 0.320 e. The Morgan fingerprint density at radius 3 is 2.75 bits per heavy atom. The molecular formula is C9H11NO2. The van der Waals surface area contributed by atoms with Crippen molar-refractivity contribution >= 4 is 5.97 Å². The second-order valence-electron chi connectivity index (χ2n) is 2.32. The lowest BCUT2D eigenvalue weighted by Gasteiger charge is -2.04. The van der Waals surface area contributed by atoms with E-state index in [0.717, 1.165) is 0 Å². The summed E-state index contributed by atoms with van der Waals surface area (Å²) < 4.78 is 14.9. The van der Waals surface area contributed by atoms with Crippen LogP contribution in [0.2, 0.25) is 0 Å². The van der Waals surface area contributed by atoms with Crippen molar-refractivity contribution in [2.75, 3.05) is 0 Å². The Hall–Kier alpha value is -1.35. The number of benzene rings is 1. The fourth-order valence-electron chi connectivity index (χ4n) is 0.791. The minimum Gasteiger partial charge on any atom is -0.480 e. The number of rotatable bonds is 3. The van der Waals surface area contributed by atoms with E-state index >= 15 is 0 Å². The minimum atomic E-state index is -2.30. The zero-order valence-electron chi connectivity index (χ0n) is 8.40. The second kappa shape index (κ2) is 3.88. The lowest BCUT2D eigenvalue weighted by atomic mass is 10.1. The topological polar surface area (TPSA) is 63.3 Å². The van der Waals surface area contributed by atoms with E-state index in [0.29, 0.717) is 5.56 Å². The number of hydrogen-bond donors (Lipinski definition) is 2. The molecule has 12 heavy (non-hydrogen) atoms. The predicted molar refractivity (Wildman–Crippen MR) is 45.8 cm³/mol. The van der Waals surface area contributed by atoms with Crippen molar-refractivity contribution in [3.63, 3.8) is 0 Å². The van der Waals surface area contributed by atoms with Gasteiger partial charge in [0.05, 0.1) is 1.37 Å². The van der Waals surface area contributed by atoms with Gasteiger partial charge in [0.1, 0.15) is 6.02 Å². The molecule has 1 rings (SSSR count).